The highest BCUT2D eigenvalue weighted by Crippen LogP contribution is 2.42. The smallest absolute Gasteiger partial charge is 0.256 e. The molecule has 0 aromatic carbocycles. The molecule has 0 saturated heterocycles. The number of aromatic nitrogens is 2. The summed E-state index contributed by atoms with van der Waals surface area (Å²) in [6.45, 7) is 4.57. The number of nitrogens with zero attached hydrogens (tertiary/aromatic N) is 1. The highest BCUT2D eigenvalue weighted by Gasteiger charge is 2.35. The van der Waals surface area contributed by atoms with Gasteiger partial charge in [0.05, 0.1) is 5.56 Å². The highest BCUT2D eigenvalue weighted by atomic mass is 16.5. The van der Waals surface area contributed by atoms with E-state index in [0.29, 0.717) is 36.2 Å². The number of nitrogens with two attached hydrogens (primary N) is 1. The van der Waals surface area contributed by atoms with Gasteiger partial charge in [0.1, 0.15) is 17.7 Å². The van der Waals surface area contributed by atoms with Gasteiger partial charge in [-0.3, -0.25) is 4.79 Å². The summed E-state index contributed by atoms with van der Waals surface area (Å²) in [7, 11) is 0. The predicted molar refractivity (Wildman–Crippen MR) is 70.4 cm³/mol. The van der Waals surface area contributed by atoms with Gasteiger partial charge in [0, 0.05) is 6.61 Å². The van der Waals surface area contributed by atoms with Crippen LogP contribution in [0.3, 0.4) is 0 Å². The van der Waals surface area contributed by atoms with Crippen molar-refractivity contribution in [1.82, 2.24) is 9.97 Å². The van der Waals surface area contributed by atoms with Crippen LogP contribution < -0.4 is 11.3 Å². The molecule has 100 valence electrons. The number of anilines is 1. The van der Waals surface area contributed by atoms with E-state index in [2.05, 4.69) is 9.97 Å². The molecule has 1 aliphatic rings. The highest BCUT2D eigenvalue weighted by molar-refractivity contribution is 5.38. The van der Waals surface area contributed by atoms with E-state index in [1.807, 2.05) is 13.8 Å². The number of H-pyrrole nitrogens is 1. The first kappa shape index (κ1) is 13.1. The molecule has 1 saturated carbocycles. The van der Waals surface area contributed by atoms with Crippen LogP contribution in [-0.2, 0) is 11.2 Å². The van der Waals surface area contributed by atoms with Crippen LogP contribution in [0.4, 0.5) is 5.82 Å². The number of nitrogens with one attached hydrogen (secondary N) is 1. The van der Waals surface area contributed by atoms with E-state index in [1.165, 1.54) is 0 Å². The van der Waals surface area contributed by atoms with Crippen LogP contribution in [-0.4, -0.2) is 16.6 Å². The van der Waals surface area contributed by atoms with Crippen LogP contribution in [0.2, 0.25) is 0 Å². The van der Waals surface area contributed by atoms with Gasteiger partial charge in [-0.05, 0) is 32.1 Å². The lowest BCUT2D eigenvalue weighted by Gasteiger charge is -2.16. The number of aromatic amines is 1. The lowest BCUT2D eigenvalue weighted by Crippen LogP contribution is -2.23. The summed E-state index contributed by atoms with van der Waals surface area (Å²) in [6, 6.07) is 0. The fourth-order valence-corrected chi connectivity index (χ4v) is 2.18. The number of hydrogen-bond acceptors (Lipinski definition) is 4. The van der Waals surface area contributed by atoms with Gasteiger partial charge in [-0.25, -0.2) is 4.98 Å². The molecule has 0 bridgehead atoms. The van der Waals surface area contributed by atoms with E-state index >= 15 is 0 Å². The van der Waals surface area contributed by atoms with Crippen molar-refractivity contribution in [3.05, 3.63) is 21.7 Å². The first-order chi connectivity index (χ1) is 8.67. The largest absolute Gasteiger partial charge is 0.383 e. The Morgan fingerprint density at radius 2 is 2.22 bits per heavy atom. The number of nitrogen functional groups attached to an aromatic ring is 1. The molecule has 0 amide bonds. The van der Waals surface area contributed by atoms with Crippen molar-refractivity contribution in [2.24, 2.45) is 5.92 Å². The van der Waals surface area contributed by atoms with Crippen molar-refractivity contribution < 1.29 is 4.74 Å². The van der Waals surface area contributed by atoms with E-state index in [0.717, 1.165) is 19.3 Å². The van der Waals surface area contributed by atoms with Crippen molar-refractivity contribution in [2.75, 3.05) is 12.3 Å². The fourth-order valence-electron chi connectivity index (χ4n) is 2.18. The van der Waals surface area contributed by atoms with Crippen LogP contribution in [0.1, 0.15) is 50.6 Å². The summed E-state index contributed by atoms with van der Waals surface area (Å²) < 4.78 is 5.67. The molecule has 1 aromatic heterocycles. The van der Waals surface area contributed by atoms with Gasteiger partial charge < -0.3 is 15.5 Å². The van der Waals surface area contributed by atoms with E-state index < -0.39 is 0 Å². The Labute approximate surface area is 107 Å². The second kappa shape index (κ2) is 5.52. The molecular weight excluding hydrogens is 230 g/mol. The molecule has 5 heteroatoms. The second-order valence-corrected chi connectivity index (χ2v) is 4.78. The molecule has 1 heterocycles. The summed E-state index contributed by atoms with van der Waals surface area (Å²) in [5.41, 5.74) is 6.35. The normalized spacial score (nSPS) is 16.8. The van der Waals surface area contributed by atoms with Crippen molar-refractivity contribution in [1.29, 1.82) is 0 Å². The first-order valence-corrected chi connectivity index (χ1v) is 6.67. The third kappa shape index (κ3) is 2.72. The Morgan fingerprint density at radius 1 is 1.50 bits per heavy atom. The van der Waals surface area contributed by atoms with Crippen LogP contribution >= 0.6 is 0 Å². The van der Waals surface area contributed by atoms with Gasteiger partial charge in [-0.15, -0.1) is 0 Å². The summed E-state index contributed by atoms with van der Waals surface area (Å²) in [5.74, 6) is 1.41. The zero-order chi connectivity index (χ0) is 13.1. The third-order valence-electron chi connectivity index (χ3n) is 3.23. The maximum Gasteiger partial charge on any atom is 0.256 e. The number of rotatable bonds is 6. The van der Waals surface area contributed by atoms with Gasteiger partial charge in [0.2, 0.25) is 0 Å². The molecule has 3 N–H and O–H groups in total. The molecule has 1 unspecified atom stereocenters. The minimum atomic E-state index is -0.121. The molecule has 1 aromatic rings. The molecule has 1 fully saturated rings. The number of ether oxygens (including phenoxy) is 1. The van der Waals surface area contributed by atoms with E-state index in [-0.39, 0.29) is 11.7 Å². The average molecular weight is 251 g/mol. The van der Waals surface area contributed by atoms with Crippen LogP contribution in [0.15, 0.2) is 4.79 Å². The Balaban J connectivity index is 2.30. The Morgan fingerprint density at radius 3 is 2.72 bits per heavy atom. The molecule has 0 radical (unpaired) electrons. The van der Waals surface area contributed by atoms with E-state index in [9.17, 15) is 4.79 Å². The van der Waals surface area contributed by atoms with Crippen LogP contribution in [0, 0.1) is 5.92 Å². The zero-order valence-corrected chi connectivity index (χ0v) is 11.0. The summed E-state index contributed by atoms with van der Waals surface area (Å²) in [6.07, 6.45) is 3.69. The van der Waals surface area contributed by atoms with Gasteiger partial charge in [0.25, 0.3) is 5.56 Å². The topological polar surface area (TPSA) is 81.0 Å². The van der Waals surface area contributed by atoms with Crippen molar-refractivity contribution in [3.8, 4) is 0 Å². The van der Waals surface area contributed by atoms with E-state index in [4.69, 9.17) is 10.5 Å². The molecular formula is C13H21N3O2. The monoisotopic (exact) mass is 251 g/mol. The molecule has 1 atom stereocenters. The molecule has 5 nitrogen and oxygen atoms in total. The minimum absolute atomic E-state index is 0.110. The molecule has 18 heavy (non-hydrogen) atoms. The molecule has 2 rings (SSSR count). The van der Waals surface area contributed by atoms with Crippen LogP contribution in [0.25, 0.3) is 0 Å². The standard InChI is InChI=1S/C13H21N3O2/c1-3-5-9-11(14)15-12(16-13(9)17)10(18-4-2)8-6-7-8/h8,10H,3-7H2,1-2H3,(H3,14,15,16,17). The second-order valence-electron chi connectivity index (χ2n) is 4.78. The maximum atomic E-state index is 12.0. The SMILES string of the molecule is CCCc1c(N)nc(C(OCC)C2CC2)[nH]c1=O. The van der Waals surface area contributed by atoms with Gasteiger partial charge in [0.15, 0.2) is 0 Å². The Hall–Kier alpha value is -1.36. The number of hydrogen-bond donors (Lipinski definition) is 2. The van der Waals surface area contributed by atoms with Gasteiger partial charge in [-0.2, -0.15) is 0 Å². The zero-order valence-electron chi connectivity index (χ0n) is 11.0. The summed E-state index contributed by atoms with van der Waals surface area (Å²) >= 11 is 0. The van der Waals surface area contributed by atoms with Crippen molar-refractivity contribution in [2.45, 2.75) is 45.6 Å². The Kier molecular flexibility index (Phi) is 4.01. The molecule has 1 aliphatic carbocycles. The summed E-state index contributed by atoms with van der Waals surface area (Å²) in [5, 5.41) is 0. The quantitative estimate of drug-likeness (QED) is 0.807. The fraction of sp³-hybridized carbons (Fsp3) is 0.692. The van der Waals surface area contributed by atoms with Crippen molar-refractivity contribution >= 4 is 5.82 Å². The summed E-state index contributed by atoms with van der Waals surface area (Å²) in [4.78, 5) is 19.1. The first-order valence-electron chi connectivity index (χ1n) is 6.67. The molecule has 0 aliphatic heterocycles. The lowest BCUT2D eigenvalue weighted by molar-refractivity contribution is 0.0399. The van der Waals surface area contributed by atoms with Crippen molar-refractivity contribution in [3.63, 3.8) is 0 Å². The predicted octanol–water partition coefficient (Wildman–Crippen LogP) is 1.79. The maximum absolute atomic E-state index is 12.0. The van der Waals surface area contributed by atoms with Gasteiger partial charge in [-0.1, -0.05) is 13.3 Å². The minimum Gasteiger partial charge on any atom is -0.383 e. The van der Waals surface area contributed by atoms with Crippen LogP contribution in [0.5, 0.6) is 0 Å². The van der Waals surface area contributed by atoms with E-state index in [1.54, 1.807) is 0 Å². The lowest BCUT2D eigenvalue weighted by atomic mass is 10.1. The Bertz CT molecular complexity index is 466. The van der Waals surface area contributed by atoms with Gasteiger partial charge >= 0.3 is 0 Å². The molecule has 0 spiro atoms. The third-order valence-corrected chi connectivity index (χ3v) is 3.23. The average Bonchev–Trinajstić information content (AvgIpc) is 3.14.